The van der Waals surface area contributed by atoms with Gasteiger partial charge in [0.2, 0.25) is 0 Å². The zero-order valence-corrected chi connectivity index (χ0v) is 9.36. The predicted molar refractivity (Wildman–Crippen MR) is 59.6 cm³/mol. The van der Waals surface area contributed by atoms with Gasteiger partial charge in [-0.15, -0.1) is 0 Å². The summed E-state index contributed by atoms with van der Waals surface area (Å²) >= 11 is 0. The van der Waals surface area contributed by atoms with E-state index in [0.29, 0.717) is 22.2 Å². The second-order valence-electron chi connectivity index (χ2n) is 3.40. The SMILES string of the molecule is COC(=O)c1cc(OC)c2ncc(F)cc2c1. The number of carbonyl (C=O) groups is 1. The van der Waals surface area contributed by atoms with Gasteiger partial charge in [0.25, 0.3) is 0 Å². The summed E-state index contributed by atoms with van der Waals surface area (Å²) in [4.78, 5) is 15.3. The standard InChI is InChI=1S/C12H10FNO3/c1-16-10-5-8(12(15)17-2)3-7-4-9(13)6-14-11(7)10/h3-6H,1-2H3. The molecule has 0 amide bonds. The maximum absolute atomic E-state index is 13.1. The number of nitrogens with zero attached hydrogens (tertiary/aromatic N) is 1. The molecule has 0 saturated carbocycles. The number of halogens is 1. The molecule has 2 rings (SSSR count). The third kappa shape index (κ3) is 2.04. The van der Waals surface area contributed by atoms with Gasteiger partial charge in [-0.25, -0.2) is 14.2 Å². The van der Waals surface area contributed by atoms with E-state index in [0.717, 1.165) is 6.20 Å². The first-order valence-electron chi connectivity index (χ1n) is 4.87. The normalized spacial score (nSPS) is 10.3. The molecule has 0 aliphatic carbocycles. The molecule has 0 unspecified atom stereocenters. The quantitative estimate of drug-likeness (QED) is 0.748. The van der Waals surface area contributed by atoms with Crippen molar-refractivity contribution >= 4 is 16.9 Å². The Labute approximate surface area is 97.0 Å². The number of carbonyl (C=O) groups excluding carboxylic acids is 1. The monoisotopic (exact) mass is 235 g/mol. The van der Waals surface area contributed by atoms with Crippen LogP contribution in [0.4, 0.5) is 4.39 Å². The molecule has 0 bridgehead atoms. The van der Waals surface area contributed by atoms with Gasteiger partial charge >= 0.3 is 5.97 Å². The van der Waals surface area contributed by atoms with Crippen molar-refractivity contribution < 1.29 is 18.7 Å². The lowest BCUT2D eigenvalue weighted by Gasteiger charge is -2.07. The molecule has 0 aliphatic rings. The van der Waals surface area contributed by atoms with Gasteiger partial charge in [-0.05, 0) is 18.2 Å². The summed E-state index contributed by atoms with van der Waals surface area (Å²) in [5.41, 5.74) is 0.797. The summed E-state index contributed by atoms with van der Waals surface area (Å²) in [5, 5.41) is 0.491. The van der Waals surface area contributed by atoms with Crippen LogP contribution in [0.1, 0.15) is 10.4 Å². The van der Waals surface area contributed by atoms with E-state index in [4.69, 9.17) is 4.74 Å². The Hall–Kier alpha value is -2.17. The number of aromatic nitrogens is 1. The Morgan fingerprint density at radius 2 is 2.06 bits per heavy atom. The van der Waals surface area contributed by atoms with Gasteiger partial charge in [0, 0.05) is 5.39 Å². The molecule has 4 nitrogen and oxygen atoms in total. The van der Waals surface area contributed by atoms with Crippen LogP contribution in [-0.4, -0.2) is 25.2 Å². The molecule has 1 aromatic carbocycles. The molecule has 1 aromatic heterocycles. The fourth-order valence-corrected chi connectivity index (χ4v) is 1.58. The van der Waals surface area contributed by atoms with Gasteiger partial charge in [-0.3, -0.25) is 0 Å². The van der Waals surface area contributed by atoms with Crippen molar-refractivity contribution in [3.63, 3.8) is 0 Å². The minimum atomic E-state index is -0.505. The number of ether oxygens (including phenoxy) is 2. The van der Waals surface area contributed by atoms with E-state index in [2.05, 4.69) is 9.72 Å². The van der Waals surface area contributed by atoms with Crippen molar-refractivity contribution in [2.24, 2.45) is 0 Å². The second-order valence-corrected chi connectivity index (χ2v) is 3.40. The number of benzene rings is 1. The van der Waals surface area contributed by atoms with Crippen molar-refractivity contribution in [2.45, 2.75) is 0 Å². The fraction of sp³-hybridized carbons (Fsp3) is 0.167. The Morgan fingerprint density at radius 1 is 1.29 bits per heavy atom. The summed E-state index contributed by atoms with van der Waals surface area (Å²) in [5.74, 6) is -0.570. The van der Waals surface area contributed by atoms with Crippen LogP contribution >= 0.6 is 0 Å². The van der Waals surface area contributed by atoms with Crippen molar-refractivity contribution in [3.05, 3.63) is 35.8 Å². The third-order valence-corrected chi connectivity index (χ3v) is 2.36. The molecule has 0 fully saturated rings. The molecule has 1 heterocycles. The van der Waals surface area contributed by atoms with Crippen LogP contribution in [0.2, 0.25) is 0 Å². The summed E-state index contributed by atoms with van der Waals surface area (Å²) in [6.45, 7) is 0. The molecule has 0 aliphatic heterocycles. The van der Waals surface area contributed by atoms with Crippen LogP contribution in [-0.2, 0) is 4.74 Å². The summed E-state index contributed by atoms with van der Waals surface area (Å²) < 4.78 is 22.8. The highest BCUT2D eigenvalue weighted by Crippen LogP contribution is 2.26. The Kier molecular flexibility index (Phi) is 2.91. The molecule has 0 spiro atoms. The average molecular weight is 235 g/mol. The first-order chi connectivity index (χ1) is 8.15. The Bertz CT molecular complexity index is 583. The largest absolute Gasteiger partial charge is 0.494 e. The number of hydrogen-bond acceptors (Lipinski definition) is 4. The van der Waals surface area contributed by atoms with Crippen LogP contribution in [0.15, 0.2) is 24.4 Å². The number of pyridine rings is 1. The molecule has 0 N–H and O–H groups in total. The average Bonchev–Trinajstić information content (AvgIpc) is 2.35. The number of esters is 1. The molecule has 88 valence electrons. The maximum atomic E-state index is 13.1. The Balaban J connectivity index is 2.71. The van der Waals surface area contributed by atoms with Crippen molar-refractivity contribution in [2.75, 3.05) is 14.2 Å². The summed E-state index contributed by atoms with van der Waals surface area (Å²) in [6.07, 6.45) is 1.10. The number of methoxy groups -OCH3 is 2. The molecule has 5 heteroatoms. The third-order valence-electron chi connectivity index (χ3n) is 2.36. The van der Waals surface area contributed by atoms with Gasteiger partial charge < -0.3 is 9.47 Å². The van der Waals surface area contributed by atoms with Crippen molar-refractivity contribution in [1.29, 1.82) is 0 Å². The van der Waals surface area contributed by atoms with Gasteiger partial charge in [0.1, 0.15) is 17.1 Å². The fourth-order valence-electron chi connectivity index (χ4n) is 1.58. The van der Waals surface area contributed by atoms with E-state index in [1.54, 1.807) is 0 Å². The number of rotatable bonds is 2. The van der Waals surface area contributed by atoms with Crippen LogP contribution in [0, 0.1) is 5.82 Å². The lowest BCUT2D eigenvalue weighted by atomic mass is 10.1. The number of fused-ring (bicyclic) bond motifs is 1. The molecule has 0 saturated heterocycles. The highest BCUT2D eigenvalue weighted by molar-refractivity contribution is 5.96. The van der Waals surface area contributed by atoms with Crippen LogP contribution in [0.3, 0.4) is 0 Å². The van der Waals surface area contributed by atoms with Gasteiger partial charge in [0.15, 0.2) is 0 Å². The molecular formula is C12H10FNO3. The van der Waals surface area contributed by atoms with Crippen LogP contribution in [0.25, 0.3) is 10.9 Å². The topological polar surface area (TPSA) is 48.4 Å². The van der Waals surface area contributed by atoms with E-state index in [-0.39, 0.29) is 0 Å². The minimum absolute atomic E-state index is 0.296. The molecule has 0 atom stereocenters. The smallest absolute Gasteiger partial charge is 0.338 e. The zero-order chi connectivity index (χ0) is 12.4. The second kappa shape index (κ2) is 4.37. The predicted octanol–water partition coefficient (Wildman–Crippen LogP) is 2.17. The van der Waals surface area contributed by atoms with Gasteiger partial charge in [-0.2, -0.15) is 0 Å². The highest BCUT2D eigenvalue weighted by Gasteiger charge is 2.12. The summed E-state index contributed by atoms with van der Waals surface area (Å²) in [6, 6.07) is 4.32. The first kappa shape index (κ1) is 11.3. The summed E-state index contributed by atoms with van der Waals surface area (Å²) in [7, 11) is 2.74. The van der Waals surface area contributed by atoms with Crippen LogP contribution < -0.4 is 4.74 Å². The zero-order valence-electron chi connectivity index (χ0n) is 9.36. The van der Waals surface area contributed by atoms with Gasteiger partial charge in [0.05, 0.1) is 26.0 Å². The Morgan fingerprint density at radius 3 is 2.71 bits per heavy atom. The van der Waals surface area contributed by atoms with Crippen molar-refractivity contribution in [1.82, 2.24) is 4.98 Å². The molecule has 0 radical (unpaired) electrons. The number of hydrogen-bond donors (Lipinski definition) is 0. The van der Waals surface area contributed by atoms with E-state index in [9.17, 15) is 9.18 Å². The van der Waals surface area contributed by atoms with Crippen molar-refractivity contribution in [3.8, 4) is 5.75 Å². The van der Waals surface area contributed by atoms with E-state index in [1.165, 1.54) is 32.4 Å². The minimum Gasteiger partial charge on any atom is -0.494 e. The van der Waals surface area contributed by atoms with E-state index < -0.39 is 11.8 Å². The lowest BCUT2D eigenvalue weighted by molar-refractivity contribution is 0.0600. The lowest BCUT2D eigenvalue weighted by Crippen LogP contribution is -2.02. The molecule has 2 aromatic rings. The molecule has 17 heavy (non-hydrogen) atoms. The maximum Gasteiger partial charge on any atom is 0.338 e. The van der Waals surface area contributed by atoms with E-state index >= 15 is 0 Å². The van der Waals surface area contributed by atoms with Gasteiger partial charge in [-0.1, -0.05) is 0 Å². The highest BCUT2D eigenvalue weighted by atomic mass is 19.1. The van der Waals surface area contributed by atoms with Crippen LogP contribution in [0.5, 0.6) is 5.75 Å². The van der Waals surface area contributed by atoms with E-state index in [1.807, 2.05) is 0 Å². The molecular weight excluding hydrogens is 225 g/mol. The first-order valence-corrected chi connectivity index (χ1v) is 4.87.